The summed E-state index contributed by atoms with van der Waals surface area (Å²) >= 11 is 0. The minimum Gasteiger partial charge on any atom is -0.343 e. The van der Waals surface area contributed by atoms with Crippen LogP contribution in [0.2, 0.25) is 0 Å². The summed E-state index contributed by atoms with van der Waals surface area (Å²) in [5.41, 5.74) is 0. The van der Waals surface area contributed by atoms with Crippen LogP contribution in [0.5, 0.6) is 0 Å². The van der Waals surface area contributed by atoms with Gasteiger partial charge in [-0.2, -0.15) is 0 Å². The molecule has 17 heavy (non-hydrogen) atoms. The highest BCUT2D eigenvalue weighted by Gasteiger charge is 2.28. The maximum absolute atomic E-state index is 11.3. The molecular weight excluding hydrogens is 214 g/mol. The van der Waals surface area contributed by atoms with E-state index < -0.39 is 0 Å². The van der Waals surface area contributed by atoms with Gasteiger partial charge >= 0.3 is 0 Å². The first-order chi connectivity index (χ1) is 8.06. The molecule has 0 aromatic heterocycles. The lowest BCUT2D eigenvalue weighted by atomic mass is 10.1. The molecule has 2 aliphatic heterocycles. The van der Waals surface area contributed by atoms with E-state index in [1.165, 1.54) is 19.5 Å². The Kier molecular flexibility index (Phi) is 4.05. The van der Waals surface area contributed by atoms with Crippen molar-refractivity contribution in [3.63, 3.8) is 0 Å². The number of rotatable bonds is 3. The molecule has 2 fully saturated rings. The Bertz CT molecular complexity index is 280. The summed E-state index contributed by atoms with van der Waals surface area (Å²) in [6.07, 6.45) is 1.18. The van der Waals surface area contributed by atoms with Crippen LogP contribution in [0.4, 0.5) is 0 Å². The molecule has 0 aromatic rings. The van der Waals surface area contributed by atoms with Crippen molar-refractivity contribution in [1.29, 1.82) is 0 Å². The van der Waals surface area contributed by atoms with Crippen molar-refractivity contribution in [3.8, 4) is 0 Å². The second-order valence-electron chi connectivity index (χ2n) is 5.74. The van der Waals surface area contributed by atoms with Gasteiger partial charge in [-0.25, -0.2) is 0 Å². The number of likely N-dealkylation sites (tertiary alicyclic amines) is 1. The van der Waals surface area contributed by atoms with Gasteiger partial charge in [-0.15, -0.1) is 0 Å². The summed E-state index contributed by atoms with van der Waals surface area (Å²) in [5.74, 6) is 0.920. The van der Waals surface area contributed by atoms with Gasteiger partial charge in [0, 0.05) is 45.7 Å². The van der Waals surface area contributed by atoms with Crippen LogP contribution in [0.3, 0.4) is 0 Å². The van der Waals surface area contributed by atoms with Crippen LogP contribution in [0.1, 0.15) is 27.2 Å². The summed E-state index contributed by atoms with van der Waals surface area (Å²) in [5, 5.41) is 0. The van der Waals surface area contributed by atoms with Gasteiger partial charge in [-0.3, -0.25) is 14.6 Å². The molecule has 2 saturated heterocycles. The van der Waals surface area contributed by atoms with Gasteiger partial charge in [0.15, 0.2) is 0 Å². The second-order valence-corrected chi connectivity index (χ2v) is 5.74. The fourth-order valence-electron chi connectivity index (χ4n) is 2.87. The fraction of sp³-hybridized carbons (Fsp3) is 0.923. The smallest absolute Gasteiger partial charge is 0.219 e. The number of amides is 1. The number of hydrogen-bond acceptors (Lipinski definition) is 3. The normalized spacial score (nSPS) is 27.3. The molecule has 0 aliphatic carbocycles. The molecule has 0 N–H and O–H groups in total. The minimum absolute atomic E-state index is 0.234. The Morgan fingerprint density at radius 3 is 2.59 bits per heavy atom. The maximum atomic E-state index is 11.3. The zero-order valence-corrected chi connectivity index (χ0v) is 11.4. The Morgan fingerprint density at radius 2 is 2.06 bits per heavy atom. The number of nitrogens with zero attached hydrogens (tertiary/aromatic N) is 3. The lowest BCUT2D eigenvalue weighted by Gasteiger charge is -2.23. The molecule has 0 aromatic carbocycles. The molecule has 2 rings (SSSR count). The van der Waals surface area contributed by atoms with Gasteiger partial charge in [0.25, 0.3) is 0 Å². The number of carbonyl (C=O) groups is 1. The third-order valence-electron chi connectivity index (χ3n) is 4.06. The molecule has 0 bridgehead atoms. The van der Waals surface area contributed by atoms with E-state index in [1.807, 2.05) is 4.90 Å². The van der Waals surface area contributed by atoms with Crippen molar-refractivity contribution in [2.45, 2.75) is 33.2 Å². The van der Waals surface area contributed by atoms with E-state index in [4.69, 9.17) is 0 Å². The highest BCUT2D eigenvalue weighted by atomic mass is 16.2. The number of hydrogen-bond donors (Lipinski definition) is 0. The molecule has 0 spiro atoms. The van der Waals surface area contributed by atoms with E-state index in [9.17, 15) is 4.79 Å². The molecule has 0 saturated carbocycles. The average Bonchev–Trinajstić information content (AvgIpc) is 2.87. The van der Waals surface area contributed by atoms with Crippen LogP contribution in [-0.2, 0) is 4.79 Å². The molecule has 2 aliphatic rings. The van der Waals surface area contributed by atoms with Gasteiger partial charge in [0.05, 0.1) is 6.67 Å². The van der Waals surface area contributed by atoms with E-state index in [1.54, 1.807) is 6.92 Å². The van der Waals surface area contributed by atoms with E-state index >= 15 is 0 Å². The molecule has 1 unspecified atom stereocenters. The van der Waals surface area contributed by atoms with Crippen LogP contribution in [0.25, 0.3) is 0 Å². The van der Waals surface area contributed by atoms with Crippen molar-refractivity contribution in [2.75, 3.05) is 39.4 Å². The van der Waals surface area contributed by atoms with E-state index in [2.05, 4.69) is 23.6 Å². The van der Waals surface area contributed by atoms with Gasteiger partial charge in [-0.1, -0.05) is 0 Å². The molecule has 1 atom stereocenters. The van der Waals surface area contributed by atoms with Crippen molar-refractivity contribution in [2.24, 2.45) is 5.92 Å². The summed E-state index contributed by atoms with van der Waals surface area (Å²) in [6.45, 7) is 12.8. The zero-order chi connectivity index (χ0) is 12.4. The molecule has 1 amide bonds. The van der Waals surface area contributed by atoms with Crippen molar-refractivity contribution >= 4 is 5.91 Å². The standard InChI is InChI=1S/C13H25N3O/c1-11(2)16-7-6-14(10-16)8-13-4-5-15(9-13)12(3)17/h11,13H,4-10H2,1-3H3. The van der Waals surface area contributed by atoms with Crippen LogP contribution >= 0.6 is 0 Å². The first-order valence-electron chi connectivity index (χ1n) is 6.78. The molecule has 98 valence electrons. The largest absolute Gasteiger partial charge is 0.343 e. The van der Waals surface area contributed by atoms with E-state index in [0.717, 1.165) is 26.3 Å². The Hall–Kier alpha value is -0.610. The molecule has 4 nitrogen and oxygen atoms in total. The van der Waals surface area contributed by atoms with Crippen LogP contribution in [0.15, 0.2) is 0 Å². The second kappa shape index (κ2) is 5.36. The third-order valence-corrected chi connectivity index (χ3v) is 4.06. The lowest BCUT2D eigenvalue weighted by Crippen LogP contribution is -2.34. The van der Waals surface area contributed by atoms with Gasteiger partial charge < -0.3 is 4.90 Å². The van der Waals surface area contributed by atoms with Gasteiger partial charge in [0.1, 0.15) is 0 Å². The van der Waals surface area contributed by atoms with Gasteiger partial charge in [-0.05, 0) is 26.2 Å². The maximum Gasteiger partial charge on any atom is 0.219 e. The van der Waals surface area contributed by atoms with Crippen LogP contribution in [-0.4, -0.2) is 66.0 Å². The molecule has 0 radical (unpaired) electrons. The zero-order valence-electron chi connectivity index (χ0n) is 11.4. The van der Waals surface area contributed by atoms with Crippen LogP contribution in [0, 0.1) is 5.92 Å². The molecule has 2 heterocycles. The summed E-state index contributed by atoms with van der Waals surface area (Å²) in [6, 6.07) is 0.650. The van der Waals surface area contributed by atoms with Crippen LogP contribution < -0.4 is 0 Å². The predicted molar refractivity (Wildman–Crippen MR) is 68.6 cm³/mol. The number of carbonyl (C=O) groups excluding carboxylic acids is 1. The SMILES string of the molecule is CC(=O)N1CCC(CN2CCN(C(C)C)C2)C1. The monoisotopic (exact) mass is 239 g/mol. The van der Waals surface area contributed by atoms with E-state index in [0.29, 0.717) is 12.0 Å². The first kappa shape index (κ1) is 12.8. The Balaban J connectivity index is 1.74. The summed E-state index contributed by atoms with van der Waals surface area (Å²) in [4.78, 5) is 18.3. The van der Waals surface area contributed by atoms with Crippen molar-refractivity contribution in [3.05, 3.63) is 0 Å². The lowest BCUT2D eigenvalue weighted by molar-refractivity contribution is -0.127. The Morgan fingerprint density at radius 1 is 1.29 bits per heavy atom. The quantitative estimate of drug-likeness (QED) is 0.730. The highest BCUT2D eigenvalue weighted by Crippen LogP contribution is 2.19. The third kappa shape index (κ3) is 3.19. The topological polar surface area (TPSA) is 26.8 Å². The highest BCUT2D eigenvalue weighted by molar-refractivity contribution is 5.73. The first-order valence-corrected chi connectivity index (χ1v) is 6.78. The molecular formula is C13H25N3O. The fourth-order valence-corrected chi connectivity index (χ4v) is 2.87. The van der Waals surface area contributed by atoms with Gasteiger partial charge in [0.2, 0.25) is 5.91 Å². The summed E-state index contributed by atoms with van der Waals surface area (Å²) in [7, 11) is 0. The molecule has 4 heteroatoms. The average molecular weight is 239 g/mol. The Labute approximate surface area is 105 Å². The predicted octanol–water partition coefficient (Wildman–Crippen LogP) is 0.838. The summed E-state index contributed by atoms with van der Waals surface area (Å²) < 4.78 is 0. The van der Waals surface area contributed by atoms with Crippen molar-refractivity contribution in [1.82, 2.24) is 14.7 Å². The minimum atomic E-state index is 0.234. The van der Waals surface area contributed by atoms with Crippen molar-refractivity contribution < 1.29 is 4.79 Å². The van der Waals surface area contributed by atoms with E-state index in [-0.39, 0.29) is 5.91 Å².